The fourth-order valence-corrected chi connectivity index (χ4v) is 2.47. The molecule has 6 nitrogen and oxygen atoms in total. The predicted octanol–water partition coefficient (Wildman–Crippen LogP) is 2.40. The monoisotopic (exact) mass is 283 g/mol. The van der Waals surface area contributed by atoms with Crippen LogP contribution in [0.2, 0.25) is 0 Å². The maximum absolute atomic E-state index is 11.7. The van der Waals surface area contributed by atoms with Crippen molar-refractivity contribution in [2.45, 2.75) is 44.6 Å². The maximum Gasteiger partial charge on any atom is 0.321 e. The van der Waals surface area contributed by atoms with Gasteiger partial charge in [0.2, 0.25) is 0 Å². The Morgan fingerprint density at radius 3 is 2.95 bits per heavy atom. The second-order valence-corrected chi connectivity index (χ2v) is 5.64. The lowest BCUT2D eigenvalue weighted by Gasteiger charge is -2.12. The average Bonchev–Trinajstić information content (AvgIpc) is 3.08. The number of aliphatic carboxylic acids is 1. The van der Waals surface area contributed by atoms with Gasteiger partial charge >= 0.3 is 12.0 Å². The molecule has 104 valence electrons. The molecule has 1 aromatic heterocycles. The lowest BCUT2D eigenvalue weighted by Crippen LogP contribution is -2.36. The van der Waals surface area contributed by atoms with Crippen molar-refractivity contribution in [3.05, 3.63) is 11.1 Å². The van der Waals surface area contributed by atoms with Crippen LogP contribution in [0.15, 0.2) is 5.38 Å². The average molecular weight is 283 g/mol. The molecular formula is C12H17N3O3S. The van der Waals surface area contributed by atoms with E-state index in [4.69, 9.17) is 5.11 Å². The highest BCUT2D eigenvalue weighted by Crippen LogP contribution is 2.40. The first-order valence-corrected chi connectivity index (χ1v) is 7.17. The van der Waals surface area contributed by atoms with Crippen LogP contribution in [0, 0.1) is 0 Å². The molecular weight excluding hydrogens is 266 g/mol. The molecule has 1 aliphatic rings. The zero-order valence-electron chi connectivity index (χ0n) is 10.7. The molecule has 1 atom stereocenters. The van der Waals surface area contributed by atoms with Gasteiger partial charge in [-0.1, -0.05) is 0 Å². The van der Waals surface area contributed by atoms with Crippen LogP contribution in [-0.4, -0.2) is 28.1 Å². The Hall–Kier alpha value is -1.63. The summed E-state index contributed by atoms with van der Waals surface area (Å²) < 4.78 is 0. The quantitative estimate of drug-likeness (QED) is 0.747. The number of anilines is 1. The Labute approximate surface area is 115 Å². The van der Waals surface area contributed by atoms with E-state index in [1.165, 1.54) is 24.2 Å². The molecule has 0 bridgehead atoms. The van der Waals surface area contributed by atoms with E-state index in [1.54, 1.807) is 6.92 Å². The number of urea groups is 1. The summed E-state index contributed by atoms with van der Waals surface area (Å²) in [5, 5.41) is 16.5. The van der Waals surface area contributed by atoms with Crippen LogP contribution in [0.3, 0.4) is 0 Å². The first-order valence-electron chi connectivity index (χ1n) is 6.29. The summed E-state index contributed by atoms with van der Waals surface area (Å²) in [6.45, 7) is 1.78. The molecule has 0 radical (unpaired) electrons. The number of carbonyl (C=O) groups is 2. The van der Waals surface area contributed by atoms with E-state index in [1.807, 2.05) is 5.38 Å². The number of nitrogens with zero attached hydrogens (tertiary/aromatic N) is 1. The van der Waals surface area contributed by atoms with Crippen molar-refractivity contribution in [3.63, 3.8) is 0 Å². The Bertz CT molecular complexity index is 471. The van der Waals surface area contributed by atoms with Crippen LogP contribution in [0.4, 0.5) is 9.93 Å². The summed E-state index contributed by atoms with van der Waals surface area (Å²) in [7, 11) is 0. The Morgan fingerprint density at radius 1 is 1.58 bits per heavy atom. The van der Waals surface area contributed by atoms with Gasteiger partial charge in [-0.05, 0) is 26.2 Å². The maximum atomic E-state index is 11.7. The summed E-state index contributed by atoms with van der Waals surface area (Å²) >= 11 is 1.41. The highest BCUT2D eigenvalue weighted by atomic mass is 32.1. The lowest BCUT2D eigenvalue weighted by atomic mass is 10.2. The zero-order valence-corrected chi connectivity index (χ0v) is 11.5. The van der Waals surface area contributed by atoms with Gasteiger partial charge in [-0.2, -0.15) is 0 Å². The van der Waals surface area contributed by atoms with Crippen LogP contribution in [0.25, 0.3) is 0 Å². The van der Waals surface area contributed by atoms with Crippen LogP contribution in [0.5, 0.6) is 0 Å². The standard InChI is InChI=1S/C12H17N3O3S/c1-7(2-5-10(16)17)13-11(18)15-12-14-9(6-19-12)8-3-4-8/h6-8H,2-5H2,1H3,(H,16,17)(H2,13,14,15,18). The van der Waals surface area contributed by atoms with Crippen LogP contribution < -0.4 is 10.6 Å². The van der Waals surface area contributed by atoms with E-state index in [-0.39, 0.29) is 18.5 Å². The first-order chi connectivity index (χ1) is 9.04. The summed E-state index contributed by atoms with van der Waals surface area (Å²) in [5.41, 5.74) is 1.05. The Kier molecular flexibility index (Phi) is 4.36. The van der Waals surface area contributed by atoms with E-state index in [0.29, 0.717) is 17.5 Å². The van der Waals surface area contributed by atoms with Crippen molar-refractivity contribution >= 4 is 28.5 Å². The van der Waals surface area contributed by atoms with Crippen LogP contribution in [0.1, 0.15) is 44.2 Å². The van der Waals surface area contributed by atoms with Crippen molar-refractivity contribution in [1.82, 2.24) is 10.3 Å². The summed E-state index contributed by atoms with van der Waals surface area (Å²) in [4.78, 5) is 26.4. The minimum absolute atomic E-state index is 0.0462. The number of aromatic nitrogens is 1. The highest BCUT2D eigenvalue weighted by molar-refractivity contribution is 7.13. The van der Waals surface area contributed by atoms with Crippen molar-refractivity contribution in [3.8, 4) is 0 Å². The fraction of sp³-hybridized carbons (Fsp3) is 0.583. The van der Waals surface area contributed by atoms with Gasteiger partial charge in [-0.25, -0.2) is 9.78 Å². The third-order valence-electron chi connectivity index (χ3n) is 2.91. The Balaban J connectivity index is 1.74. The number of nitrogens with one attached hydrogen (secondary N) is 2. The number of rotatable bonds is 6. The SMILES string of the molecule is CC(CCC(=O)O)NC(=O)Nc1nc(C2CC2)cs1. The van der Waals surface area contributed by atoms with Crippen molar-refractivity contribution in [1.29, 1.82) is 0 Å². The first kappa shape index (κ1) is 13.8. The topological polar surface area (TPSA) is 91.3 Å². The van der Waals surface area contributed by atoms with E-state index in [9.17, 15) is 9.59 Å². The smallest absolute Gasteiger partial charge is 0.321 e. The van der Waals surface area contributed by atoms with Gasteiger partial charge in [-0.3, -0.25) is 10.1 Å². The molecule has 1 saturated carbocycles. The molecule has 7 heteroatoms. The van der Waals surface area contributed by atoms with Crippen LogP contribution >= 0.6 is 11.3 Å². The van der Waals surface area contributed by atoms with Gasteiger partial charge in [-0.15, -0.1) is 11.3 Å². The summed E-state index contributed by atoms with van der Waals surface area (Å²) in [5.74, 6) is -0.285. The lowest BCUT2D eigenvalue weighted by molar-refractivity contribution is -0.137. The Morgan fingerprint density at radius 2 is 2.32 bits per heavy atom. The number of thiazole rings is 1. The molecule has 0 saturated heterocycles. The molecule has 1 unspecified atom stereocenters. The largest absolute Gasteiger partial charge is 0.481 e. The molecule has 3 N–H and O–H groups in total. The third kappa shape index (κ3) is 4.51. The second-order valence-electron chi connectivity index (χ2n) is 4.78. The number of hydrogen-bond acceptors (Lipinski definition) is 4. The van der Waals surface area contributed by atoms with E-state index >= 15 is 0 Å². The van der Waals surface area contributed by atoms with Crippen molar-refractivity contribution < 1.29 is 14.7 Å². The molecule has 1 heterocycles. The minimum atomic E-state index is -0.858. The summed E-state index contributed by atoms with van der Waals surface area (Å²) in [6, 6.07) is -0.520. The van der Waals surface area contributed by atoms with Crippen molar-refractivity contribution in [2.24, 2.45) is 0 Å². The zero-order chi connectivity index (χ0) is 13.8. The molecule has 2 rings (SSSR count). The number of carbonyl (C=O) groups excluding carboxylic acids is 1. The molecule has 1 aromatic rings. The molecule has 1 aliphatic carbocycles. The molecule has 1 fully saturated rings. The van der Waals surface area contributed by atoms with Gasteiger partial charge in [0, 0.05) is 23.8 Å². The van der Waals surface area contributed by atoms with Gasteiger partial charge in [0.25, 0.3) is 0 Å². The van der Waals surface area contributed by atoms with Crippen molar-refractivity contribution in [2.75, 3.05) is 5.32 Å². The molecule has 0 spiro atoms. The minimum Gasteiger partial charge on any atom is -0.481 e. The molecule has 0 aromatic carbocycles. The molecule has 19 heavy (non-hydrogen) atoms. The molecule has 0 aliphatic heterocycles. The van der Waals surface area contributed by atoms with Gasteiger partial charge < -0.3 is 10.4 Å². The number of carboxylic acid groups (broad SMARTS) is 1. The van der Waals surface area contributed by atoms with E-state index in [2.05, 4.69) is 15.6 Å². The number of amides is 2. The third-order valence-corrected chi connectivity index (χ3v) is 3.68. The highest BCUT2D eigenvalue weighted by Gasteiger charge is 2.26. The fourth-order valence-electron chi connectivity index (χ4n) is 1.68. The van der Waals surface area contributed by atoms with Gasteiger partial charge in [0.15, 0.2) is 5.13 Å². The van der Waals surface area contributed by atoms with Gasteiger partial charge in [0.05, 0.1) is 5.69 Å². The summed E-state index contributed by atoms with van der Waals surface area (Å²) in [6.07, 6.45) is 2.82. The van der Waals surface area contributed by atoms with E-state index in [0.717, 1.165) is 5.69 Å². The number of hydrogen-bond donors (Lipinski definition) is 3. The molecule has 2 amide bonds. The number of carboxylic acids is 1. The van der Waals surface area contributed by atoms with Gasteiger partial charge in [0.1, 0.15) is 0 Å². The normalized spacial score (nSPS) is 15.8. The second kappa shape index (κ2) is 6.01. The van der Waals surface area contributed by atoms with E-state index < -0.39 is 5.97 Å². The van der Waals surface area contributed by atoms with Crippen LogP contribution in [-0.2, 0) is 4.79 Å². The predicted molar refractivity (Wildman–Crippen MR) is 72.6 cm³/mol.